The predicted octanol–water partition coefficient (Wildman–Crippen LogP) is -21.7. The molecule has 0 unspecified atom stereocenters. The van der Waals surface area contributed by atoms with E-state index in [0.29, 0.717) is 0 Å². The molecule has 0 saturated carbocycles. The SMILES string of the molecule is [Al+3].[F-].[F-].[F-].[F-].[F-].[F-].[Li+].[Mg+2]. The molecule has 0 aliphatic rings. The Balaban J connectivity index is 0. The van der Waals surface area contributed by atoms with E-state index in [-0.39, 0.29) is 87.5 Å². The molecule has 0 aromatic rings. The normalized spacial score (nSPS) is 0. The maximum atomic E-state index is 0. The van der Waals surface area contributed by atoms with Crippen molar-refractivity contribution >= 4 is 40.4 Å². The summed E-state index contributed by atoms with van der Waals surface area (Å²) in [6.45, 7) is 0. The summed E-state index contributed by atoms with van der Waals surface area (Å²) in [5.74, 6) is 0. The van der Waals surface area contributed by atoms with Crippen LogP contribution in [0.25, 0.3) is 0 Å². The molecule has 0 bridgehead atoms. The molecule has 0 heterocycles. The van der Waals surface area contributed by atoms with Crippen LogP contribution in [0, 0.1) is 0 Å². The summed E-state index contributed by atoms with van der Waals surface area (Å²) in [4.78, 5) is 0. The van der Waals surface area contributed by atoms with Gasteiger partial charge in [0.1, 0.15) is 0 Å². The van der Waals surface area contributed by atoms with E-state index in [2.05, 4.69) is 0 Å². The van der Waals surface area contributed by atoms with Gasteiger partial charge in [-0.15, -0.1) is 0 Å². The van der Waals surface area contributed by atoms with Gasteiger partial charge < -0.3 is 28.2 Å². The average Bonchev–Trinajstić information content (AvgIpc) is 0. The van der Waals surface area contributed by atoms with Gasteiger partial charge in [0.05, 0.1) is 0 Å². The van der Waals surface area contributed by atoms with Crippen LogP contribution in [0.1, 0.15) is 0 Å². The molecule has 0 atom stereocenters. The molecule has 0 nitrogen and oxygen atoms in total. The van der Waals surface area contributed by atoms with E-state index < -0.39 is 0 Å². The minimum Gasteiger partial charge on any atom is -1.00 e. The largest absolute Gasteiger partial charge is 3.00 e. The summed E-state index contributed by atoms with van der Waals surface area (Å²) in [7, 11) is 0. The molecular formula is AlF6LiMg. The summed E-state index contributed by atoms with van der Waals surface area (Å²) >= 11 is 0. The first-order valence-electron chi connectivity index (χ1n) is 0. The fourth-order valence-corrected chi connectivity index (χ4v) is 0. The molecule has 0 radical (unpaired) electrons. The second-order valence-corrected chi connectivity index (χ2v) is 0. The van der Waals surface area contributed by atoms with E-state index >= 15 is 0 Å². The molecule has 9 heteroatoms. The zero-order chi connectivity index (χ0) is 0. The van der Waals surface area contributed by atoms with Crippen molar-refractivity contribution in [2.45, 2.75) is 0 Å². The standard InChI is InChI=1S/Al.6FH.Li.Mg/h;6*1H;;/q+3;;;;;;;+1;+2/p-6. The van der Waals surface area contributed by atoms with E-state index in [1.54, 1.807) is 0 Å². The second kappa shape index (κ2) is 312. The predicted molar refractivity (Wildman–Crippen MR) is 11.5 cm³/mol. The summed E-state index contributed by atoms with van der Waals surface area (Å²) < 4.78 is 0. The van der Waals surface area contributed by atoms with Crippen LogP contribution >= 0.6 is 0 Å². The molecule has 0 aliphatic carbocycles. The van der Waals surface area contributed by atoms with Crippen LogP contribution in [0.2, 0.25) is 0 Å². The van der Waals surface area contributed by atoms with Crippen molar-refractivity contribution in [2.75, 3.05) is 0 Å². The van der Waals surface area contributed by atoms with Gasteiger partial charge in [-0.05, 0) is 0 Å². The number of rotatable bonds is 0. The van der Waals surface area contributed by atoms with Gasteiger partial charge >= 0.3 is 59.3 Å². The molecule has 0 aliphatic heterocycles. The molecule has 0 aromatic carbocycles. The Labute approximate surface area is 87.2 Å². The summed E-state index contributed by atoms with van der Waals surface area (Å²) in [6, 6.07) is 0. The molecule has 9 heavy (non-hydrogen) atoms. The van der Waals surface area contributed by atoms with E-state index in [0.717, 1.165) is 0 Å². The quantitative estimate of drug-likeness (QED) is 0.251. The van der Waals surface area contributed by atoms with E-state index in [9.17, 15) is 0 Å². The third-order valence-corrected chi connectivity index (χ3v) is 0. The minimum atomic E-state index is 0. The van der Waals surface area contributed by atoms with Crippen LogP contribution in [-0.4, -0.2) is 40.4 Å². The molecular weight excluding hydrogens is 172 g/mol. The molecule has 0 saturated heterocycles. The number of hydrogen-bond acceptors (Lipinski definition) is 0. The Morgan fingerprint density at radius 2 is 0.444 bits per heavy atom. The third kappa shape index (κ3) is 243. The first kappa shape index (κ1) is 432. The van der Waals surface area contributed by atoms with Gasteiger partial charge in [0.15, 0.2) is 0 Å². The van der Waals surface area contributed by atoms with Crippen LogP contribution in [-0.2, 0) is 0 Å². The van der Waals surface area contributed by atoms with Crippen molar-refractivity contribution in [3.05, 3.63) is 0 Å². The molecule has 0 spiro atoms. The Morgan fingerprint density at radius 3 is 0.444 bits per heavy atom. The zero-order valence-electron chi connectivity index (χ0n) is 4.55. The van der Waals surface area contributed by atoms with Gasteiger partial charge in [-0.1, -0.05) is 0 Å². The van der Waals surface area contributed by atoms with Crippen molar-refractivity contribution < 1.29 is 47.1 Å². The minimum absolute atomic E-state index is 0. The molecule has 0 fully saturated rings. The van der Waals surface area contributed by atoms with Crippen LogP contribution < -0.4 is 47.1 Å². The zero-order valence-corrected chi connectivity index (χ0v) is 7.12. The van der Waals surface area contributed by atoms with Gasteiger partial charge in [-0.25, -0.2) is 0 Å². The number of halogens is 6. The van der Waals surface area contributed by atoms with Crippen LogP contribution in [0.3, 0.4) is 0 Å². The Hall–Kier alpha value is 1.48. The summed E-state index contributed by atoms with van der Waals surface area (Å²) in [5.41, 5.74) is 0. The van der Waals surface area contributed by atoms with Crippen LogP contribution in [0.15, 0.2) is 0 Å². The van der Waals surface area contributed by atoms with Crippen molar-refractivity contribution in [1.82, 2.24) is 0 Å². The Bertz CT molecular complexity index is 13.0. The van der Waals surface area contributed by atoms with Crippen molar-refractivity contribution in [3.8, 4) is 0 Å². The van der Waals surface area contributed by atoms with E-state index in [1.807, 2.05) is 0 Å². The molecule has 0 aromatic heterocycles. The monoisotopic (exact) mass is 172 g/mol. The van der Waals surface area contributed by atoms with E-state index in [4.69, 9.17) is 0 Å². The molecule has 0 N–H and O–H groups in total. The van der Waals surface area contributed by atoms with Crippen LogP contribution in [0.4, 0.5) is 0 Å². The van der Waals surface area contributed by atoms with Crippen molar-refractivity contribution in [2.24, 2.45) is 0 Å². The number of hydrogen-bond donors (Lipinski definition) is 0. The van der Waals surface area contributed by atoms with Gasteiger partial charge in [0, 0.05) is 0 Å². The molecule has 0 rings (SSSR count). The first-order valence-corrected chi connectivity index (χ1v) is 0. The maximum Gasteiger partial charge on any atom is 3.00 e. The van der Waals surface area contributed by atoms with E-state index in [1.165, 1.54) is 0 Å². The van der Waals surface area contributed by atoms with Crippen molar-refractivity contribution in [3.63, 3.8) is 0 Å². The van der Waals surface area contributed by atoms with Gasteiger partial charge in [0.2, 0.25) is 0 Å². The Kier molecular flexibility index (Phi) is 15000. The van der Waals surface area contributed by atoms with Crippen molar-refractivity contribution in [1.29, 1.82) is 0 Å². The average molecular weight is 172 g/mol. The summed E-state index contributed by atoms with van der Waals surface area (Å²) in [6.07, 6.45) is 0. The molecule has 0 amide bonds. The summed E-state index contributed by atoms with van der Waals surface area (Å²) in [5, 5.41) is 0. The van der Waals surface area contributed by atoms with Gasteiger partial charge in [0.25, 0.3) is 0 Å². The third-order valence-electron chi connectivity index (χ3n) is 0. The smallest absolute Gasteiger partial charge is 1.00 e. The van der Waals surface area contributed by atoms with Crippen LogP contribution in [0.5, 0.6) is 0 Å². The fraction of sp³-hybridized carbons (Fsp3) is 0. The topological polar surface area (TPSA) is 0 Å². The maximum absolute atomic E-state index is 0. The first-order chi connectivity index (χ1) is 0. The Morgan fingerprint density at radius 1 is 0.444 bits per heavy atom. The second-order valence-electron chi connectivity index (χ2n) is 0. The van der Waals surface area contributed by atoms with Gasteiger partial charge in [-0.2, -0.15) is 0 Å². The van der Waals surface area contributed by atoms with Gasteiger partial charge in [-0.3, -0.25) is 0 Å². The fourth-order valence-electron chi connectivity index (χ4n) is 0. The molecule has 48 valence electrons.